The fourth-order valence-corrected chi connectivity index (χ4v) is 3.02. The summed E-state index contributed by atoms with van der Waals surface area (Å²) in [6.45, 7) is 6.28. The van der Waals surface area contributed by atoms with Crippen molar-refractivity contribution in [1.82, 2.24) is 15.5 Å². The molecule has 2 rings (SSSR count). The largest absolute Gasteiger partial charge is 0.301 e. The second kappa shape index (κ2) is 5.03. The zero-order chi connectivity index (χ0) is 11.5. The third-order valence-corrected chi connectivity index (χ3v) is 4.18. The van der Waals surface area contributed by atoms with Gasteiger partial charge < -0.3 is 5.32 Å². The van der Waals surface area contributed by atoms with Crippen LogP contribution in [0.4, 0.5) is 0 Å². The molecular formula is C11H15N3S2. The van der Waals surface area contributed by atoms with Crippen LogP contribution in [0, 0.1) is 6.92 Å². The van der Waals surface area contributed by atoms with Crippen molar-refractivity contribution in [3.63, 3.8) is 0 Å². The third kappa shape index (κ3) is 2.66. The van der Waals surface area contributed by atoms with E-state index in [-0.39, 0.29) is 6.04 Å². The van der Waals surface area contributed by atoms with E-state index < -0.39 is 0 Å². The van der Waals surface area contributed by atoms with Crippen molar-refractivity contribution in [2.75, 3.05) is 0 Å². The first-order valence-electron chi connectivity index (χ1n) is 5.25. The van der Waals surface area contributed by atoms with E-state index in [9.17, 15) is 0 Å². The molecule has 0 aliphatic rings. The first kappa shape index (κ1) is 11.7. The highest BCUT2D eigenvalue weighted by atomic mass is 32.1. The molecule has 2 atom stereocenters. The van der Waals surface area contributed by atoms with Crippen LogP contribution in [0.25, 0.3) is 0 Å². The first-order valence-corrected chi connectivity index (χ1v) is 7.01. The number of rotatable bonds is 4. The van der Waals surface area contributed by atoms with Gasteiger partial charge in [-0.25, -0.2) is 0 Å². The molecule has 0 aliphatic heterocycles. The van der Waals surface area contributed by atoms with Gasteiger partial charge in [-0.15, -0.1) is 21.5 Å². The molecule has 0 bridgehead atoms. The third-order valence-electron chi connectivity index (χ3n) is 2.46. The number of aryl methyl sites for hydroxylation is 1. The van der Waals surface area contributed by atoms with Crippen LogP contribution in [-0.4, -0.2) is 10.2 Å². The van der Waals surface area contributed by atoms with E-state index in [1.807, 2.05) is 6.92 Å². The molecule has 16 heavy (non-hydrogen) atoms. The van der Waals surface area contributed by atoms with Gasteiger partial charge in [-0.1, -0.05) is 0 Å². The van der Waals surface area contributed by atoms with E-state index in [1.165, 1.54) is 5.56 Å². The van der Waals surface area contributed by atoms with Gasteiger partial charge in [0, 0.05) is 6.04 Å². The number of aromatic nitrogens is 2. The smallest absolute Gasteiger partial charge is 0.134 e. The second-order valence-electron chi connectivity index (χ2n) is 3.83. The molecule has 3 nitrogen and oxygen atoms in total. The lowest BCUT2D eigenvalue weighted by atomic mass is 10.1. The Labute approximate surface area is 104 Å². The van der Waals surface area contributed by atoms with E-state index in [4.69, 9.17) is 0 Å². The molecule has 0 amide bonds. The maximum atomic E-state index is 4.16. The summed E-state index contributed by atoms with van der Waals surface area (Å²) >= 11 is 3.38. The van der Waals surface area contributed by atoms with E-state index in [0.29, 0.717) is 6.04 Å². The summed E-state index contributed by atoms with van der Waals surface area (Å²) in [6, 6.07) is 2.76. The molecule has 2 unspecified atom stereocenters. The number of thiophene rings is 1. The van der Waals surface area contributed by atoms with Crippen LogP contribution in [-0.2, 0) is 0 Å². The molecule has 0 saturated heterocycles. The summed E-state index contributed by atoms with van der Waals surface area (Å²) in [4.78, 5) is 0. The fourth-order valence-electron chi connectivity index (χ4n) is 1.55. The Morgan fingerprint density at radius 1 is 1.25 bits per heavy atom. The van der Waals surface area contributed by atoms with E-state index >= 15 is 0 Å². The van der Waals surface area contributed by atoms with Gasteiger partial charge in [0.2, 0.25) is 0 Å². The van der Waals surface area contributed by atoms with Crippen LogP contribution < -0.4 is 5.32 Å². The second-order valence-corrected chi connectivity index (χ2v) is 5.82. The van der Waals surface area contributed by atoms with Crippen LogP contribution in [0.5, 0.6) is 0 Å². The van der Waals surface area contributed by atoms with E-state index in [1.54, 1.807) is 22.7 Å². The van der Waals surface area contributed by atoms with Crippen LogP contribution in [0.1, 0.15) is 41.5 Å². The lowest BCUT2D eigenvalue weighted by Gasteiger charge is -2.17. The van der Waals surface area contributed by atoms with Crippen molar-refractivity contribution in [2.45, 2.75) is 32.9 Å². The Morgan fingerprint density at radius 3 is 2.62 bits per heavy atom. The standard InChI is InChI=1S/C11H15N3S2/c1-7(10-4-5-15-6-10)12-8(2)11-14-13-9(3)16-11/h4-8,12H,1-3H3. The molecule has 0 aliphatic carbocycles. The molecule has 5 heteroatoms. The minimum absolute atomic E-state index is 0.251. The first-order chi connectivity index (χ1) is 7.66. The maximum Gasteiger partial charge on any atom is 0.134 e. The zero-order valence-electron chi connectivity index (χ0n) is 9.60. The lowest BCUT2D eigenvalue weighted by Crippen LogP contribution is -2.22. The van der Waals surface area contributed by atoms with E-state index in [0.717, 1.165) is 10.0 Å². The summed E-state index contributed by atoms with van der Waals surface area (Å²) in [5.41, 5.74) is 1.33. The summed E-state index contributed by atoms with van der Waals surface area (Å²) in [5, 5.41) is 18.1. The molecule has 0 fully saturated rings. The molecule has 2 aromatic rings. The Kier molecular flexibility index (Phi) is 3.68. The Balaban J connectivity index is 2.00. The van der Waals surface area contributed by atoms with Crippen molar-refractivity contribution in [3.8, 4) is 0 Å². The summed E-state index contributed by atoms with van der Waals surface area (Å²) in [6.07, 6.45) is 0. The van der Waals surface area contributed by atoms with Crippen LogP contribution in [0.2, 0.25) is 0 Å². The number of nitrogens with zero attached hydrogens (tertiary/aromatic N) is 2. The average Bonchev–Trinajstić information content (AvgIpc) is 2.87. The Bertz CT molecular complexity index is 436. The molecule has 1 N–H and O–H groups in total. The fraction of sp³-hybridized carbons (Fsp3) is 0.455. The van der Waals surface area contributed by atoms with Gasteiger partial charge in [-0.3, -0.25) is 0 Å². The maximum absolute atomic E-state index is 4.16. The van der Waals surface area contributed by atoms with Crippen LogP contribution in [0.15, 0.2) is 16.8 Å². The number of hydrogen-bond acceptors (Lipinski definition) is 5. The molecule has 2 heterocycles. The van der Waals surface area contributed by atoms with Gasteiger partial charge >= 0.3 is 0 Å². The monoisotopic (exact) mass is 253 g/mol. The normalized spacial score (nSPS) is 14.9. The van der Waals surface area contributed by atoms with Crippen LogP contribution >= 0.6 is 22.7 Å². The minimum Gasteiger partial charge on any atom is -0.301 e. The highest BCUT2D eigenvalue weighted by Gasteiger charge is 2.14. The van der Waals surface area contributed by atoms with Gasteiger partial charge in [0.25, 0.3) is 0 Å². The van der Waals surface area contributed by atoms with Crippen LogP contribution in [0.3, 0.4) is 0 Å². The van der Waals surface area contributed by atoms with Crippen molar-refractivity contribution in [1.29, 1.82) is 0 Å². The Morgan fingerprint density at radius 2 is 2.06 bits per heavy atom. The lowest BCUT2D eigenvalue weighted by molar-refractivity contribution is 0.491. The minimum atomic E-state index is 0.251. The van der Waals surface area contributed by atoms with Gasteiger partial charge in [-0.05, 0) is 43.2 Å². The average molecular weight is 253 g/mol. The topological polar surface area (TPSA) is 37.8 Å². The predicted molar refractivity (Wildman–Crippen MR) is 68.9 cm³/mol. The highest BCUT2D eigenvalue weighted by Crippen LogP contribution is 2.22. The SMILES string of the molecule is Cc1nnc(C(C)NC(C)c2ccsc2)s1. The van der Waals surface area contributed by atoms with Gasteiger partial charge in [0.05, 0.1) is 6.04 Å². The molecule has 0 saturated carbocycles. The molecule has 0 radical (unpaired) electrons. The highest BCUT2D eigenvalue weighted by molar-refractivity contribution is 7.11. The number of hydrogen-bond donors (Lipinski definition) is 1. The molecular weight excluding hydrogens is 238 g/mol. The molecule has 2 aromatic heterocycles. The van der Waals surface area contributed by atoms with Crippen molar-refractivity contribution >= 4 is 22.7 Å². The quantitative estimate of drug-likeness (QED) is 0.908. The molecule has 0 spiro atoms. The van der Waals surface area contributed by atoms with Crippen molar-refractivity contribution in [2.24, 2.45) is 0 Å². The van der Waals surface area contributed by atoms with Crippen molar-refractivity contribution < 1.29 is 0 Å². The summed E-state index contributed by atoms with van der Waals surface area (Å²) in [5.74, 6) is 0. The van der Waals surface area contributed by atoms with Gasteiger partial charge in [-0.2, -0.15) is 11.3 Å². The molecule has 0 aromatic carbocycles. The zero-order valence-corrected chi connectivity index (χ0v) is 11.2. The summed E-state index contributed by atoms with van der Waals surface area (Å²) in [7, 11) is 0. The van der Waals surface area contributed by atoms with Gasteiger partial charge in [0.15, 0.2) is 0 Å². The predicted octanol–water partition coefficient (Wildman–Crippen LogP) is 3.32. The summed E-state index contributed by atoms with van der Waals surface area (Å²) < 4.78 is 0. The number of nitrogens with one attached hydrogen (secondary N) is 1. The molecule has 86 valence electrons. The van der Waals surface area contributed by atoms with E-state index in [2.05, 4.69) is 46.2 Å². The van der Waals surface area contributed by atoms with Crippen molar-refractivity contribution in [3.05, 3.63) is 32.4 Å². The Hall–Kier alpha value is -0.780. The van der Waals surface area contributed by atoms with Gasteiger partial charge in [0.1, 0.15) is 10.0 Å².